The highest BCUT2D eigenvalue weighted by molar-refractivity contribution is 6.22. The Kier molecular flexibility index (Phi) is 5.45. The van der Waals surface area contributed by atoms with Crippen LogP contribution in [0.4, 0.5) is 4.39 Å². The number of carbonyl (C=O) groups excluding carboxylic acids is 2. The zero-order valence-corrected chi connectivity index (χ0v) is 17.4. The molecule has 1 aromatic heterocycles. The predicted octanol–water partition coefficient (Wildman–Crippen LogP) is 5.09. The topological polar surface area (TPSA) is 67.6 Å². The van der Waals surface area contributed by atoms with E-state index >= 15 is 0 Å². The lowest BCUT2D eigenvalue weighted by molar-refractivity contribution is -0.140. The molecule has 1 atom stereocenters. The predicted molar refractivity (Wildman–Crippen MR) is 120 cm³/mol. The Morgan fingerprint density at radius 1 is 0.969 bits per heavy atom. The first-order valence-electron chi connectivity index (χ1n) is 10.1. The number of halogens is 1. The third-order valence-electron chi connectivity index (χ3n) is 5.56. The highest BCUT2D eigenvalue weighted by atomic mass is 19.1. The molecule has 1 unspecified atom stereocenters. The van der Waals surface area contributed by atoms with Gasteiger partial charge >= 0.3 is 0 Å². The van der Waals surface area contributed by atoms with E-state index in [1.165, 1.54) is 30.4 Å². The van der Waals surface area contributed by atoms with Crippen LogP contribution in [0.15, 0.2) is 94.2 Å². The number of hydrogen-bond acceptors (Lipinski definition) is 4. The first kappa shape index (κ1) is 21.2. The van der Waals surface area contributed by atoms with E-state index in [9.17, 15) is 18.8 Å². The molecule has 2 heterocycles. The van der Waals surface area contributed by atoms with Crippen molar-refractivity contribution < 1.29 is 18.4 Å². The molecular formula is C26H20FNO4. The third kappa shape index (κ3) is 3.12. The smallest absolute Gasteiger partial charge is 0.262 e. The molecule has 160 valence electrons. The van der Waals surface area contributed by atoms with Crippen LogP contribution in [0.1, 0.15) is 25.1 Å². The van der Waals surface area contributed by atoms with Crippen LogP contribution in [-0.4, -0.2) is 16.7 Å². The van der Waals surface area contributed by atoms with Crippen molar-refractivity contribution in [2.24, 2.45) is 0 Å². The highest BCUT2D eigenvalue weighted by Crippen LogP contribution is 2.38. The average molecular weight is 429 g/mol. The van der Waals surface area contributed by atoms with Gasteiger partial charge in [-0.05, 0) is 24.1 Å². The molecule has 0 spiro atoms. The number of nitrogens with zero attached hydrogens (tertiary/aromatic N) is 1. The fraction of sp³-hybridized carbons (Fsp3) is 0.115. The molecule has 2 aromatic carbocycles. The van der Waals surface area contributed by atoms with Gasteiger partial charge in [0.1, 0.15) is 22.5 Å². The zero-order chi connectivity index (χ0) is 23.0. The lowest BCUT2D eigenvalue weighted by Gasteiger charge is -2.26. The van der Waals surface area contributed by atoms with E-state index in [1.807, 2.05) is 0 Å². The van der Waals surface area contributed by atoms with Crippen molar-refractivity contribution >= 4 is 22.8 Å². The minimum Gasteiger partial charge on any atom is -0.458 e. The lowest BCUT2D eigenvalue weighted by Crippen LogP contribution is -2.36. The van der Waals surface area contributed by atoms with Gasteiger partial charge in [0.15, 0.2) is 0 Å². The second kappa shape index (κ2) is 8.23. The summed E-state index contributed by atoms with van der Waals surface area (Å²) in [6.45, 7) is 9.03. The molecule has 0 radical (unpaired) electrons. The number of benzene rings is 2. The number of hydrogen-bond donors (Lipinski definition) is 0. The fourth-order valence-electron chi connectivity index (χ4n) is 4.07. The molecule has 1 aliphatic rings. The summed E-state index contributed by atoms with van der Waals surface area (Å²) < 4.78 is 20.6. The minimum atomic E-state index is -0.891. The molecule has 6 heteroatoms. The van der Waals surface area contributed by atoms with E-state index in [4.69, 9.17) is 4.42 Å². The van der Waals surface area contributed by atoms with E-state index in [2.05, 4.69) is 13.2 Å². The minimum absolute atomic E-state index is 0.0445. The summed E-state index contributed by atoms with van der Waals surface area (Å²) in [6.07, 6.45) is 2.90. The molecule has 1 aliphatic heterocycles. The Labute approximate surface area is 183 Å². The van der Waals surface area contributed by atoms with Gasteiger partial charge < -0.3 is 4.42 Å². The van der Waals surface area contributed by atoms with Gasteiger partial charge in [-0.25, -0.2) is 4.39 Å². The second-order valence-electron chi connectivity index (χ2n) is 7.29. The van der Waals surface area contributed by atoms with E-state index in [-0.39, 0.29) is 39.9 Å². The fourth-order valence-corrected chi connectivity index (χ4v) is 4.07. The maximum atomic E-state index is 14.6. The van der Waals surface area contributed by atoms with Gasteiger partial charge in [-0.2, -0.15) is 0 Å². The van der Waals surface area contributed by atoms with Gasteiger partial charge in [0, 0.05) is 0 Å². The Hall–Kier alpha value is -4.06. The Bertz CT molecular complexity index is 1340. The number of rotatable bonds is 6. The number of carbonyl (C=O) groups is 2. The van der Waals surface area contributed by atoms with E-state index in [0.29, 0.717) is 5.56 Å². The first-order valence-corrected chi connectivity index (χ1v) is 10.1. The van der Waals surface area contributed by atoms with Crippen LogP contribution >= 0.6 is 0 Å². The summed E-state index contributed by atoms with van der Waals surface area (Å²) in [5, 5.41) is -0.180. The zero-order valence-electron chi connectivity index (χ0n) is 17.4. The monoisotopic (exact) mass is 429 g/mol. The standard InChI is InChI=1S/C26H20FNO4/c1-4-16-17(5-2)26(31)28(25(16)30)19(6-3)24-21(15-11-8-7-9-12-15)23(29)22-18(27)13-10-14-20(22)32-24/h4-5,7-14,19H,1-2,6H2,3H3. The molecule has 0 bridgehead atoms. The van der Waals surface area contributed by atoms with Crippen molar-refractivity contribution in [3.63, 3.8) is 0 Å². The van der Waals surface area contributed by atoms with Crippen molar-refractivity contribution in [2.45, 2.75) is 19.4 Å². The van der Waals surface area contributed by atoms with Crippen LogP contribution < -0.4 is 5.43 Å². The highest BCUT2D eigenvalue weighted by Gasteiger charge is 2.42. The van der Waals surface area contributed by atoms with Crippen molar-refractivity contribution in [2.75, 3.05) is 0 Å². The van der Waals surface area contributed by atoms with Gasteiger partial charge in [0.05, 0.1) is 22.8 Å². The van der Waals surface area contributed by atoms with Crippen LogP contribution in [0.25, 0.3) is 22.1 Å². The van der Waals surface area contributed by atoms with Crippen molar-refractivity contribution in [1.29, 1.82) is 0 Å². The van der Waals surface area contributed by atoms with Crippen LogP contribution in [0, 0.1) is 5.82 Å². The number of fused-ring (bicyclic) bond motifs is 1. The normalized spacial score (nSPS) is 14.9. The third-order valence-corrected chi connectivity index (χ3v) is 5.56. The molecule has 5 nitrogen and oxygen atoms in total. The van der Waals surface area contributed by atoms with Gasteiger partial charge in [0.2, 0.25) is 5.43 Å². The molecule has 3 aromatic rings. The van der Waals surface area contributed by atoms with Gasteiger partial charge in [-0.1, -0.05) is 68.6 Å². The Balaban J connectivity index is 2.02. The average Bonchev–Trinajstić information content (AvgIpc) is 3.04. The summed E-state index contributed by atoms with van der Waals surface area (Å²) in [7, 11) is 0. The summed E-state index contributed by atoms with van der Waals surface area (Å²) in [5.41, 5.74) is 0.368. The van der Waals surface area contributed by atoms with E-state index in [1.54, 1.807) is 37.3 Å². The summed E-state index contributed by atoms with van der Waals surface area (Å²) in [4.78, 5) is 40.7. The molecule has 4 rings (SSSR count). The number of imide groups is 1. The molecule has 0 aliphatic carbocycles. The maximum absolute atomic E-state index is 14.6. The molecule has 0 fully saturated rings. The maximum Gasteiger partial charge on any atom is 0.262 e. The van der Waals surface area contributed by atoms with E-state index < -0.39 is 29.1 Å². The first-order chi connectivity index (χ1) is 15.4. The largest absolute Gasteiger partial charge is 0.458 e. The van der Waals surface area contributed by atoms with Crippen molar-refractivity contribution in [1.82, 2.24) is 4.90 Å². The van der Waals surface area contributed by atoms with Crippen molar-refractivity contribution in [3.8, 4) is 11.1 Å². The molecule has 32 heavy (non-hydrogen) atoms. The molecule has 0 N–H and O–H groups in total. The molecule has 0 saturated heterocycles. The van der Waals surface area contributed by atoms with Crippen LogP contribution in [0.2, 0.25) is 0 Å². The molecule has 2 amide bonds. The molecule has 0 saturated carbocycles. The lowest BCUT2D eigenvalue weighted by atomic mass is 9.96. The number of amides is 2. The van der Waals surface area contributed by atoms with E-state index in [0.717, 1.165) is 4.90 Å². The quantitative estimate of drug-likeness (QED) is 0.512. The van der Waals surface area contributed by atoms with Gasteiger partial charge in [0.25, 0.3) is 11.8 Å². The van der Waals surface area contributed by atoms with Gasteiger partial charge in [-0.3, -0.25) is 19.3 Å². The summed E-state index contributed by atoms with van der Waals surface area (Å²) in [5.74, 6) is -1.68. The van der Waals surface area contributed by atoms with Crippen molar-refractivity contribution in [3.05, 3.63) is 107 Å². The Morgan fingerprint density at radius 3 is 2.16 bits per heavy atom. The van der Waals surface area contributed by atoms with Crippen LogP contribution in [-0.2, 0) is 9.59 Å². The Morgan fingerprint density at radius 2 is 1.59 bits per heavy atom. The van der Waals surface area contributed by atoms with Crippen LogP contribution in [0.5, 0.6) is 0 Å². The summed E-state index contributed by atoms with van der Waals surface area (Å²) in [6, 6.07) is 11.9. The molecular weight excluding hydrogens is 409 g/mol. The SMILES string of the molecule is C=CC1=C(C=C)C(=O)N(C(CC)c2oc3cccc(F)c3c(=O)c2-c2ccccc2)C1=O. The van der Waals surface area contributed by atoms with Gasteiger partial charge in [-0.15, -0.1) is 0 Å². The van der Waals surface area contributed by atoms with Crippen LogP contribution in [0.3, 0.4) is 0 Å². The second-order valence-corrected chi connectivity index (χ2v) is 7.29. The summed E-state index contributed by atoms with van der Waals surface area (Å²) >= 11 is 0.